The van der Waals surface area contributed by atoms with Gasteiger partial charge in [-0.25, -0.2) is 9.18 Å². The second-order valence-electron chi connectivity index (χ2n) is 4.79. The van der Waals surface area contributed by atoms with Crippen molar-refractivity contribution < 1.29 is 23.4 Å². The van der Waals surface area contributed by atoms with Gasteiger partial charge in [0.25, 0.3) is 0 Å². The van der Waals surface area contributed by atoms with Gasteiger partial charge in [0.05, 0.1) is 12.1 Å². The van der Waals surface area contributed by atoms with Crippen LogP contribution in [-0.2, 0) is 20.9 Å². The Morgan fingerprint density at radius 2 is 1.96 bits per heavy atom. The van der Waals surface area contributed by atoms with Gasteiger partial charge in [0.15, 0.2) is 5.15 Å². The van der Waals surface area contributed by atoms with Crippen LogP contribution in [0.25, 0.3) is 5.57 Å². The third-order valence-electron chi connectivity index (χ3n) is 3.20. The summed E-state index contributed by atoms with van der Waals surface area (Å²) in [6.07, 6.45) is 0.995. The topological polar surface area (TPSA) is 57.7 Å². The van der Waals surface area contributed by atoms with Gasteiger partial charge in [0.2, 0.25) is 12.7 Å². The van der Waals surface area contributed by atoms with Crippen molar-refractivity contribution in [2.75, 3.05) is 14.0 Å². The fourth-order valence-electron chi connectivity index (χ4n) is 2.03. The fourth-order valence-corrected chi connectivity index (χ4v) is 2.58. The molecule has 1 aromatic heterocycles. The zero-order valence-electron chi connectivity index (χ0n) is 13.5. The number of hydrogen-bond acceptors (Lipinski definition) is 5. The van der Waals surface area contributed by atoms with E-state index >= 15 is 0 Å². The van der Waals surface area contributed by atoms with Gasteiger partial charge in [-0.15, -0.1) is 0 Å². The van der Waals surface area contributed by atoms with E-state index in [1.807, 2.05) is 0 Å². The molecule has 9 heteroatoms. The van der Waals surface area contributed by atoms with Crippen molar-refractivity contribution in [1.82, 2.24) is 4.98 Å². The van der Waals surface area contributed by atoms with E-state index in [2.05, 4.69) is 9.72 Å². The molecule has 26 heavy (non-hydrogen) atoms. The van der Waals surface area contributed by atoms with Gasteiger partial charge in [0.1, 0.15) is 23.5 Å². The Bertz CT molecular complexity index is 830. The van der Waals surface area contributed by atoms with Crippen molar-refractivity contribution in [1.29, 1.82) is 0 Å². The lowest BCUT2D eigenvalue weighted by Crippen LogP contribution is -2.09. The number of ether oxygens (including phenoxy) is 3. The van der Waals surface area contributed by atoms with Crippen LogP contribution in [0.4, 0.5) is 4.39 Å². The maximum Gasteiger partial charge on any atom is 0.341 e. The second kappa shape index (κ2) is 9.62. The number of alkyl halides is 1. The maximum absolute atomic E-state index is 12.3. The minimum absolute atomic E-state index is 0.00478. The molecule has 0 spiro atoms. The van der Waals surface area contributed by atoms with Crippen LogP contribution in [0.15, 0.2) is 36.6 Å². The lowest BCUT2D eigenvalue weighted by atomic mass is 10.0. The van der Waals surface area contributed by atoms with Crippen molar-refractivity contribution >= 4 is 46.3 Å². The Morgan fingerprint density at radius 3 is 2.65 bits per heavy atom. The van der Waals surface area contributed by atoms with E-state index in [0.29, 0.717) is 11.1 Å². The van der Waals surface area contributed by atoms with E-state index in [-0.39, 0.29) is 33.3 Å². The molecule has 0 unspecified atom stereocenters. The molecule has 1 aromatic carbocycles. The molecule has 0 aliphatic rings. The monoisotopic (exact) mass is 419 g/mol. The van der Waals surface area contributed by atoms with E-state index in [4.69, 9.17) is 44.3 Å². The van der Waals surface area contributed by atoms with Gasteiger partial charge in [-0.1, -0.05) is 59.1 Å². The van der Waals surface area contributed by atoms with Crippen molar-refractivity contribution in [3.8, 4) is 5.88 Å². The second-order valence-corrected chi connectivity index (χ2v) is 5.97. The minimum Gasteiger partial charge on any atom is -0.472 e. The Balaban J connectivity index is 2.31. The number of halogens is 4. The van der Waals surface area contributed by atoms with E-state index in [0.717, 1.165) is 6.26 Å². The molecule has 0 bridgehead atoms. The Labute approximate surface area is 164 Å². The summed E-state index contributed by atoms with van der Waals surface area (Å²) in [6.45, 7) is -1.08. The number of esters is 1. The predicted molar refractivity (Wildman–Crippen MR) is 97.1 cm³/mol. The number of pyridine rings is 1. The van der Waals surface area contributed by atoms with Gasteiger partial charge in [-0.05, 0) is 17.2 Å². The molecule has 0 radical (unpaired) electrons. The van der Waals surface area contributed by atoms with Gasteiger partial charge in [-0.2, -0.15) is 4.98 Å². The summed E-state index contributed by atoms with van der Waals surface area (Å²) in [4.78, 5) is 15.9. The predicted octanol–water partition coefficient (Wildman–Crippen LogP) is 5.08. The number of benzene rings is 1. The van der Waals surface area contributed by atoms with Gasteiger partial charge in [-0.3, -0.25) is 0 Å². The van der Waals surface area contributed by atoms with Crippen molar-refractivity contribution in [3.05, 3.63) is 62.9 Å². The van der Waals surface area contributed by atoms with E-state index in [1.165, 1.54) is 13.2 Å². The smallest absolute Gasteiger partial charge is 0.341 e. The van der Waals surface area contributed by atoms with Crippen LogP contribution in [0.3, 0.4) is 0 Å². The Hall–Kier alpha value is -2.02. The van der Waals surface area contributed by atoms with E-state index < -0.39 is 12.8 Å². The average molecular weight is 421 g/mol. The normalized spacial score (nSPS) is 11.2. The van der Waals surface area contributed by atoms with Gasteiger partial charge >= 0.3 is 5.97 Å². The first-order valence-corrected chi connectivity index (χ1v) is 8.30. The molecule has 0 aliphatic heterocycles. The van der Waals surface area contributed by atoms with E-state index in [9.17, 15) is 9.18 Å². The van der Waals surface area contributed by atoms with Crippen LogP contribution >= 0.6 is 34.8 Å². The number of methoxy groups -OCH3 is 1. The molecule has 1 heterocycles. The Kier molecular flexibility index (Phi) is 7.50. The zero-order valence-corrected chi connectivity index (χ0v) is 15.7. The Morgan fingerprint density at radius 1 is 1.23 bits per heavy atom. The number of carbonyl (C=O) groups is 1. The molecule has 0 saturated carbocycles. The average Bonchev–Trinajstić information content (AvgIpc) is 2.64. The third kappa shape index (κ3) is 5.00. The molecule has 0 N–H and O–H groups in total. The lowest BCUT2D eigenvalue weighted by Gasteiger charge is -2.13. The standard InChI is InChI=1S/C17H13Cl3FNO4/c1-24-17(23)12(8-25-9-21)11-5-3-2-4-10(11)7-26-16-14(19)6-13(18)15(20)22-16/h2-6,8H,7,9H2,1H3/b12-8-. The first-order chi connectivity index (χ1) is 12.5. The zero-order chi connectivity index (χ0) is 19.1. The van der Waals surface area contributed by atoms with Crippen LogP contribution in [0.2, 0.25) is 15.2 Å². The fraction of sp³-hybridized carbons (Fsp3) is 0.176. The van der Waals surface area contributed by atoms with Crippen molar-refractivity contribution in [3.63, 3.8) is 0 Å². The highest BCUT2D eigenvalue weighted by atomic mass is 35.5. The summed E-state index contributed by atoms with van der Waals surface area (Å²) in [6, 6.07) is 8.22. The highest BCUT2D eigenvalue weighted by Gasteiger charge is 2.18. The number of nitrogens with zero attached hydrogens (tertiary/aromatic N) is 1. The molecule has 2 aromatic rings. The summed E-state index contributed by atoms with van der Waals surface area (Å²) in [5.74, 6) is -0.601. The van der Waals surface area contributed by atoms with Crippen LogP contribution in [-0.4, -0.2) is 24.9 Å². The largest absolute Gasteiger partial charge is 0.472 e. The number of rotatable bonds is 7. The first-order valence-electron chi connectivity index (χ1n) is 7.16. The molecule has 0 amide bonds. The van der Waals surface area contributed by atoms with Gasteiger partial charge in [0, 0.05) is 0 Å². The molecule has 2 rings (SSSR count). The number of carbonyl (C=O) groups excluding carboxylic acids is 1. The number of hydrogen-bond donors (Lipinski definition) is 0. The highest BCUT2D eigenvalue weighted by Crippen LogP contribution is 2.31. The maximum atomic E-state index is 12.3. The molecular weight excluding hydrogens is 408 g/mol. The van der Waals surface area contributed by atoms with Gasteiger partial charge < -0.3 is 14.2 Å². The number of aromatic nitrogens is 1. The molecule has 0 aliphatic carbocycles. The quantitative estimate of drug-likeness (QED) is 0.271. The van der Waals surface area contributed by atoms with Crippen LogP contribution in [0.1, 0.15) is 11.1 Å². The molecule has 0 fully saturated rings. The molecular formula is C17H13Cl3FNO4. The van der Waals surface area contributed by atoms with Crippen LogP contribution in [0.5, 0.6) is 5.88 Å². The van der Waals surface area contributed by atoms with Crippen molar-refractivity contribution in [2.45, 2.75) is 6.61 Å². The SMILES string of the molecule is COC(=O)/C(=C\OCF)c1ccccc1COc1nc(Cl)c(Cl)cc1Cl. The molecule has 0 saturated heterocycles. The lowest BCUT2D eigenvalue weighted by molar-refractivity contribution is -0.133. The van der Waals surface area contributed by atoms with E-state index in [1.54, 1.807) is 24.3 Å². The van der Waals surface area contributed by atoms with Crippen LogP contribution in [0, 0.1) is 0 Å². The summed E-state index contributed by atoms with van der Waals surface area (Å²) in [5.41, 5.74) is 1.08. The molecule has 0 atom stereocenters. The molecule has 138 valence electrons. The summed E-state index contributed by atoms with van der Waals surface area (Å²) in [5, 5.41) is 0.427. The molecule has 5 nitrogen and oxygen atoms in total. The summed E-state index contributed by atoms with van der Waals surface area (Å²) in [7, 11) is 1.21. The summed E-state index contributed by atoms with van der Waals surface area (Å²) < 4.78 is 27.2. The highest BCUT2D eigenvalue weighted by molar-refractivity contribution is 6.42. The minimum atomic E-state index is -1.08. The summed E-state index contributed by atoms with van der Waals surface area (Å²) >= 11 is 17.7. The first kappa shape index (κ1) is 20.3. The third-order valence-corrected chi connectivity index (χ3v) is 4.14. The van der Waals surface area contributed by atoms with Crippen LogP contribution < -0.4 is 4.74 Å². The van der Waals surface area contributed by atoms with Crippen molar-refractivity contribution in [2.24, 2.45) is 0 Å².